The average Bonchev–Trinajstić information content (AvgIpc) is 2.74. The van der Waals surface area contributed by atoms with E-state index >= 15 is 0 Å². The Labute approximate surface area is 68.4 Å². The lowest BCUT2D eigenvalue weighted by Gasteiger charge is -2.11. The van der Waals surface area contributed by atoms with Crippen molar-refractivity contribution in [2.75, 3.05) is 0 Å². The molecule has 1 aliphatic rings. The van der Waals surface area contributed by atoms with Crippen LogP contribution in [0.5, 0.6) is 0 Å². The van der Waals surface area contributed by atoms with Crippen molar-refractivity contribution in [3.63, 3.8) is 0 Å². The van der Waals surface area contributed by atoms with Crippen LogP contribution >= 0.6 is 0 Å². The Morgan fingerprint density at radius 2 is 2.00 bits per heavy atom. The number of carbonyl (C=O) groups excluding carboxylic acids is 1. The van der Waals surface area contributed by atoms with Crippen molar-refractivity contribution in [2.24, 2.45) is 5.92 Å². The molecule has 64 valence electrons. The van der Waals surface area contributed by atoms with Gasteiger partial charge in [-0.15, -0.1) is 0 Å². The summed E-state index contributed by atoms with van der Waals surface area (Å²) in [6.45, 7) is 4.14. The van der Waals surface area contributed by atoms with Gasteiger partial charge in [0.15, 0.2) is 0 Å². The fraction of sp³-hybridized carbons (Fsp3) is 0.889. The van der Waals surface area contributed by atoms with E-state index in [4.69, 9.17) is 0 Å². The Morgan fingerprint density at radius 3 is 2.36 bits per heavy atom. The second-order valence-corrected chi connectivity index (χ2v) is 3.30. The van der Waals surface area contributed by atoms with Gasteiger partial charge in [0.25, 0.3) is 0 Å². The number of carbonyl (C=O) groups is 1. The maximum absolute atomic E-state index is 11.3. The van der Waals surface area contributed by atoms with Crippen molar-refractivity contribution in [2.45, 2.75) is 45.6 Å². The van der Waals surface area contributed by atoms with Crippen LogP contribution in [-0.4, -0.2) is 11.9 Å². The minimum atomic E-state index is 0.246. The SMILES string of the molecule is CCC(CC)C(=O)NC1CC1. The lowest BCUT2D eigenvalue weighted by atomic mass is 10.0. The fourth-order valence-electron chi connectivity index (χ4n) is 1.21. The first kappa shape index (κ1) is 8.57. The fourth-order valence-corrected chi connectivity index (χ4v) is 1.21. The van der Waals surface area contributed by atoms with E-state index in [-0.39, 0.29) is 11.8 Å². The minimum Gasteiger partial charge on any atom is -0.353 e. The monoisotopic (exact) mass is 155 g/mol. The van der Waals surface area contributed by atoms with E-state index in [0.29, 0.717) is 6.04 Å². The predicted octanol–water partition coefficient (Wildman–Crippen LogP) is 1.70. The molecule has 1 N–H and O–H groups in total. The summed E-state index contributed by atoms with van der Waals surface area (Å²) >= 11 is 0. The van der Waals surface area contributed by atoms with E-state index in [1.165, 1.54) is 12.8 Å². The lowest BCUT2D eigenvalue weighted by Crippen LogP contribution is -2.31. The zero-order chi connectivity index (χ0) is 8.27. The van der Waals surface area contributed by atoms with Crippen LogP contribution in [0.1, 0.15) is 39.5 Å². The number of hydrogen-bond donors (Lipinski definition) is 1. The molecule has 0 spiro atoms. The maximum Gasteiger partial charge on any atom is 0.223 e. The summed E-state index contributed by atoms with van der Waals surface area (Å²) < 4.78 is 0. The molecule has 1 fully saturated rings. The highest BCUT2D eigenvalue weighted by molar-refractivity contribution is 5.79. The molecule has 1 amide bonds. The molecule has 11 heavy (non-hydrogen) atoms. The van der Waals surface area contributed by atoms with Gasteiger partial charge in [-0.05, 0) is 25.7 Å². The average molecular weight is 155 g/mol. The molecule has 0 aromatic carbocycles. The highest BCUT2D eigenvalue weighted by Gasteiger charge is 2.25. The van der Waals surface area contributed by atoms with Crippen LogP contribution in [0.25, 0.3) is 0 Å². The van der Waals surface area contributed by atoms with Crippen LogP contribution in [0.2, 0.25) is 0 Å². The molecule has 0 aromatic rings. The van der Waals surface area contributed by atoms with Crippen molar-refractivity contribution in [1.29, 1.82) is 0 Å². The third-order valence-electron chi connectivity index (χ3n) is 2.28. The topological polar surface area (TPSA) is 29.1 Å². The van der Waals surface area contributed by atoms with Gasteiger partial charge in [-0.1, -0.05) is 13.8 Å². The third kappa shape index (κ3) is 2.52. The molecule has 2 nitrogen and oxygen atoms in total. The van der Waals surface area contributed by atoms with Crippen molar-refractivity contribution in [3.05, 3.63) is 0 Å². The number of nitrogens with one attached hydrogen (secondary N) is 1. The van der Waals surface area contributed by atoms with Crippen LogP contribution in [0.4, 0.5) is 0 Å². The predicted molar refractivity (Wildman–Crippen MR) is 45.2 cm³/mol. The molecule has 0 atom stereocenters. The first-order chi connectivity index (χ1) is 5.27. The Morgan fingerprint density at radius 1 is 1.45 bits per heavy atom. The summed E-state index contributed by atoms with van der Waals surface area (Å²) in [5, 5.41) is 3.02. The molecule has 0 saturated heterocycles. The van der Waals surface area contributed by atoms with Crippen molar-refractivity contribution >= 4 is 5.91 Å². The zero-order valence-corrected chi connectivity index (χ0v) is 7.39. The Bertz CT molecular complexity index is 136. The molecular weight excluding hydrogens is 138 g/mol. The lowest BCUT2D eigenvalue weighted by molar-refractivity contribution is -0.125. The second-order valence-electron chi connectivity index (χ2n) is 3.30. The molecule has 0 aromatic heterocycles. The maximum atomic E-state index is 11.3. The van der Waals surface area contributed by atoms with Crippen LogP contribution in [0.3, 0.4) is 0 Å². The second kappa shape index (κ2) is 3.74. The van der Waals surface area contributed by atoms with Gasteiger partial charge >= 0.3 is 0 Å². The van der Waals surface area contributed by atoms with Gasteiger partial charge in [0.2, 0.25) is 5.91 Å². The smallest absolute Gasteiger partial charge is 0.223 e. The third-order valence-corrected chi connectivity index (χ3v) is 2.28. The van der Waals surface area contributed by atoms with Gasteiger partial charge in [-0.3, -0.25) is 4.79 Å². The molecular formula is C9H17NO. The minimum absolute atomic E-state index is 0.246. The summed E-state index contributed by atoms with van der Waals surface area (Å²) in [4.78, 5) is 11.3. The molecule has 1 rings (SSSR count). The van der Waals surface area contributed by atoms with E-state index < -0.39 is 0 Å². The Kier molecular flexibility index (Phi) is 2.92. The van der Waals surface area contributed by atoms with E-state index in [2.05, 4.69) is 19.2 Å². The number of rotatable bonds is 4. The molecule has 0 bridgehead atoms. The molecule has 1 aliphatic carbocycles. The highest BCUT2D eigenvalue weighted by atomic mass is 16.1. The first-order valence-electron chi connectivity index (χ1n) is 4.58. The van der Waals surface area contributed by atoms with Crippen molar-refractivity contribution < 1.29 is 4.79 Å². The summed E-state index contributed by atoms with van der Waals surface area (Å²) in [6.07, 6.45) is 4.31. The van der Waals surface area contributed by atoms with Crippen LogP contribution < -0.4 is 5.32 Å². The normalized spacial score (nSPS) is 17.0. The first-order valence-corrected chi connectivity index (χ1v) is 4.58. The number of hydrogen-bond acceptors (Lipinski definition) is 1. The van der Waals surface area contributed by atoms with Gasteiger partial charge in [0.1, 0.15) is 0 Å². The standard InChI is InChI=1S/C9H17NO/c1-3-7(4-2)9(11)10-8-5-6-8/h7-8H,3-6H2,1-2H3,(H,10,11). The molecule has 0 radical (unpaired) electrons. The summed E-state index contributed by atoms with van der Waals surface area (Å²) in [5.74, 6) is 0.508. The molecule has 0 aliphatic heterocycles. The van der Waals surface area contributed by atoms with Crippen LogP contribution in [-0.2, 0) is 4.79 Å². The van der Waals surface area contributed by atoms with E-state index in [1.54, 1.807) is 0 Å². The van der Waals surface area contributed by atoms with Crippen LogP contribution in [0, 0.1) is 5.92 Å². The van der Waals surface area contributed by atoms with Gasteiger partial charge in [0.05, 0.1) is 0 Å². The summed E-state index contributed by atoms with van der Waals surface area (Å²) in [5.41, 5.74) is 0. The summed E-state index contributed by atoms with van der Waals surface area (Å²) in [6, 6.07) is 0.517. The Hall–Kier alpha value is -0.530. The molecule has 0 unspecified atom stereocenters. The number of amides is 1. The quantitative estimate of drug-likeness (QED) is 0.657. The molecule has 1 saturated carbocycles. The van der Waals surface area contributed by atoms with Gasteiger partial charge in [0, 0.05) is 12.0 Å². The van der Waals surface area contributed by atoms with Crippen LogP contribution in [0.15, 0.2) is 0 Å². The highest BCUT2D eigenvalue weighted by Crippen LogP contribution is 2.20. The van der Waals surface area contributed by atoms with E-state index in [9.17, 15) is 4.79 Å². The Balaban J connectivity index is 2.24. The summed E-state index contributed by atoms with van der Waals surface area (Å²) in [7, 11) is 0. The van der Waals surface area contributed by atoms with E-state index in [0.717, 1.165) is 12.8 Å². The van der Waals surface area contributed by atoms with Crippen molar-refractivity contribution in [1.82, 2.24) is 5.32 Å². The van der Waals surface area contributed by atoms with Gasteiger partial charge in [-0.2, -0.15) is 0 Å². The van der Waals surface area contributed by atoms with Crippen molar-refractivity contribution in [3.8, 4) is 0 Å². The molecule has 0 heterocycles. The zero-order valence-electron chi connectivity index (χ0n) is 7.39. The van der Waals surface area contributed by atoms with E-state index in [1.807, 2.05) is 0 Å². The molecule has 2 heteroatoms. The van der Waals surface area contributed by atoms with Gasteiger partial charge in [-0.25, -0.2) is 0 Å². The van der Waals surface area contributed by atoms with Gasteiger partial charge < -0.3 is 5.32 Å². The largest absolute Gasteiger partial charge is 0.353 e.